The molecule has 0 saturated carbocycles. The maximum absolute atomic E-state index is 13.4. The molecule has 5 nitrogen and oxygen atoms in total. The molecule has 0 bridgehead atoms. The second kappa shape index (κ2) is 7.80. The van der Waals surface area contributed by atoms with Gasteiger partial charge in [0.2, 0.25) is 0 Å². The first-order chi connectivity index (χ1) is 14.1. The zero-order valence-electron chi connectivity index (χ0n) is 16.0. The first-order valence-electron chi connectivity index (χ1n) is 9.40. The molecular weight excluding hydrogens is 366 g/mol. The van der Waals surface area contributed by atoms with Crippen LogP contribution in [0.4, 0.5) is 0 Å². The van der Waals surface area contributed by atoms with Crippen molar-refractivity contribution in [3.8, 4) is 5.75 Å². The molecule has 0 saturated heterocycles. The van der Waals surface area contributed by atoms with E-state index in [0.717, 1.165) is 11.1 Å². The minimum atomic E-state index is -0.955. The number of rotatable bonds is 5. The topological polar surface area (TPSA) is 66.8 Å². The Balaban J connectivity index is 1.87. The van der Waals surface area contributed by atoms with Gasteiger partial charge in [-0.15, -0.1) is 0 Å². The van der Waals surface area contributed by atoms with Crippen LogP contribution in [0.15, 0.2) is 78.9 Å². The van der Waals surface area contributed by atoms with E-state index in [4.69, 9.17) is 4.74 Å². The Morgan fingerprint density at radius 2 is 1.62 bits per heavy atom. The van der Waals surface area contributed by atoms with E-state index in [9.17, 15) is 14.7 Å². The number of benzene rings is 3. The fraction of sp³-hybridized carbons (Fsp3) is 0.167. The number of ether oxygens (including phenoxy) is 1. The van der Waals surface area contributed by atoms with E-state index in [1.165, 1.54) is 0 Å². The van der Waals surface area contributed by atoms with Gasteiger partial charge in [-0.05, 0) is 34.9 Å². The molecule has 3 aromatic rings. The molecule has 1 heterocycles. The molecule has 146 valence electrons. The van der Waals surface area contributed by atoms with Gasteiger partial charge in [-0.3, -0.25) is 9.59 Å². The first kappa shape index (κ1) is 18.7. The van der Waals surface area contributed by atoms with E-state index in [1.54, 1.807) is 48.4 Å². The lowest BCUT2D eigenvalue weighted by Crippen LogP contribution is -2.44. The fourth-order valence-electron chi connectivity index (χ4n) is 3.99. The minimum absolute atomic E-state index is 0.164. The predicted molar refractivity (Wildman–Crippen MR) is 109 cm³/mol. The van der Waals surface area contributed by atoms with Crippen LogP contribution in [0.1, 0.15) is 39.0 Å². The molecule has 3 aromatic carbocycles. The van der Waals surface area contributed by atoms with Crippen molar-refractivity contribution in [2.45, 2.75) is 18.5 Å². The van der Waals surface area contributed by atoms with E-state index < -0.39 is 17.9 Å². The van der Waals surface area contributed by atoms with E-state index in [1.807, 2.05) is 42.5 Å². The summed E-state index contributed by atoms with van der Waals surface area (Å²) in [5.41, 5.74) is 2.70. The standard InChI is InChI=1S/C24H21NO4/c1-29-18-13-11-17(12-14-18)22-21(24(27)28)19-9-5-6-10-20(19)23(26)25(22)15-16-7-3-2-4-8-16/h2-14,21-22H,15H2,1H3,(H,27,28)/t21-,22+/m1/s1. The van der Waals surface area contributed by atoms with Gasteiger partial charge in [0.05, 0.1) is 13.2 Å². The molecule has 1 aliphatic rings. The van der Waals surface area contributed by atoms with Crippen molar-refractivity contribution in [2.75, 3.05) is 7.11 Å². The largest absolute Gasteiger partial charge is 0.497 e. The zero-order valence-corrected chi connectivity index (χ0v) is 16.0. The Morgan fingerprint density at radius 1 is 0.966 bits per heavy atom. The highest BCUT2D eigenvalue weighted by molar-refractivity contribution is 6.00. The molecular formula is C24H21NO4. The van der Waals surface area contributed by atoms with Crippen LogP contribution in [0.3, 0.4) is 0 Å². The van der Waals surface area contributed by atoms with Gasteiger partial charge in [-0.1, -0.05) is 60.7 Å². The number of carboxylic acids is 1. The van der Waals surface area contributed by atoms with Gasteiger partial charge in [0, 0.05) is 12.1 Å². The quantitative estimate of drug-likeness (QED) is 0.710. The van der Waals surface area contributed by atoms with Gasteiger partial charge in [-0.25, -0.2) is 0 Å². The summed E-state index contributed by atoms with van der Waals surface area (Å²) in [5.74, 6) is -1.30. The van der Waals surface area contributed by atoms with Crippen LogP contribution < -0.4 is 4.74 Å². The number of nitrogens with zero attached hydrogens (tertiary/aromatic N) is 1. The molecule has 0 unspecified atom stereocenters. The average molecular weight is 387 g/mol. The van der Waals surface area contributed by atoms with Crippen molar-refractivity contribution in [1.29, 1.82) is 0 Å². The molecule has 29 heavy (non-hydrogen) atoms. The summed E-state index contributed by atoms with van der Waals surface area (Å²) in [7, 11) is 1.58. The van der Waals surface area contributed by atoms with E-state index in [0.29, 0.717) is 23.4 Å². The number of hydrogen-bond acceptors (Lipinski definition) is 3. The predicted octanol–water partition coefficient (Wildman–Crippen LogP) is 4.26. The lowest BCUT2D eigenvalue weighted by atomic mass is 9.79. The molecule has 5 heteroatoms. The lowest BCUT2D eigenvalue weighted by Gasteiger charge is -2.41. The third-order valence-electron chi connectivity index (χ3n) is 5.36. The van der Waals surface area contributed by atoms with Crippen LogP contribution >= 0.6 is 0 Å². The third-order valence-corrected chi connectivity index (χ3v) is 5.36. The highest BCUT2D eigenvalue weighted by Crippen LogP contribution is 2.43. The second-order valence-corrected chi connectivity index (χ2v) is 7.04. The molecule has 1 amide bonds. The molecule has 2 atom stereocenters. The second-order valence-electron chi connectivity index (χ2n) is 7.04. The maximum Gasteiger partial charge on any atom is 0.313 e. The van der Waals surface area contributed by atoms with Crippen LogP contribution in [0.5, 0.6) is 5.75 Å². The molecule has 0 spiro atoms. The van der Waals surface area contributed by atoms with Crippen LogP contribution in [-0.4, -0.2) is 29.0 Å². The van der Waals surface area contributed by atoms with E-state index >= 15 is 0 Å². The van der Waals surface area contributed by atoms with Crippen molar-refractivity contribution < 1.29 is 19.4 Å². The monoisotopic (exact) mass is 387 g/mol. The van der Waals surface area contributed by atoms with Gasteiger partial charge in [0.25, 0.3) is 5.91 Å². The summed E-state index contributed by atoms with van der Waals surface area (Å²) < 4.78 is 5.23. The maximum atomic E-state index is 13.4. The summed E-state index contributed by atoms with van der Waals surface area (Å²) in [6, 6.07) is 23.2. The average Bonchev–Trinajstić information content (AvgIpc) is 2.76. The van der Waals surface area contributed by atoms with E-state index in [2.05, 4.69) is 0 Å². The number of aliphatic carboxylic acids is 1. The van der Waals surface area contributed by atoms with Gasteiger partial charge in [0.15, 0.2) is 0 Å². The molecule has 1 aliphatic heterocycles. The molecule has 4 rings (SSSR count). The van der Waals surface area contributed by atoms with Gasteiger partial charge < -0.3 is 14.7 Å². The normalized spacial score (nSPS) is 18.2. The van der Waals surface area contributed by atoms with Crippen LogP contribution in [0.25, 0.3) is 0 Å². The van der Waals surface area contributed by atoms with Gasteiger partial charge in [0.1, 0.15) is 11.7 Å². The van der Waals surface area contributed by atoms with Crippen LogP contribution in [0, 0.1) is 0 Å². The Kier molecular flexibility index (Phi) is 5.04. The summed E-state index contributed by atoms with van der Waals surface area (Å²) in [6.45, 7) is 0.328. The summed E-state index contributed by atoms with van der Waals surface area (Å²) in [5, 5.41) is 10.1. The highest BCUT2D eigenvalue weighted by Gasteiger charge is 2.44. The van der Waals surface area contributed by atoms with E-state index in [-0.39, 0.29) is 5.91 Å². The molecule has 0 aromatic heterocycles. The number of methoxy groups -OCH3 is 1. The smallest absolute Gasteiger partial charge is 0.313 e. The van der Waals surface area contributed by atoms with Crippen molar-refractivity contribution in [3.63, 3.8) is 0 Å². The summed E-state index contributed by atoms with van der Waals surface area (Å²) >= 11 is 0. The number of carboxylic acid groups (broad SMARTS) is 1. The molecule has 1 N–H and O–H groups in total. The van der Waals surface area contributed by atoms with Crippen molar-refractivity contribution >= 4 is 11.9 Å². The Morgan fingerprint density at radius 3 is 2.28 bits per heavy atom. The summed E-state index contributed by atoms with van der Waals surface area (Å²) in [4.78, 5) is 27.4. The molecule has 0 aliphatic carbocycles. The Bertz CT molecular complexity index is 1030. The van der Waals surface area contributed by atoms with Crippen LogP contribution in [-0.2, 0) is 11.3 Å². The van der Waals surface area contributed by atoms with Gasteiger partial charge >= 0.3 is 5.97 Å². The summed E-state index contributed by atoms with van der Waals surface area (Å²) in [6.07, 6.45) is 0. The Labute approximate surface area is 169 Å². The number of hydrogen-bond donors (Lipinski definition) is 1. The lowest BCUT2D eigenvalue weighted by molar-refractivity contribution is -0.140. The highest BCUT2D eigenvalue weighted by atomic mass is 16.5. The third kappa shape index (κ3) is 3.47. The van der Waals surface area contributed by atoms with Crippen molar-refractivity contribution in [3.05, 3.63) is 101 Å². The zero-order chi connectivity index (χ0) is 20.4. The van der Waals surface area contributed by atoms with Gasteiger partial charge in [-0.2, -0.15) is 0 Å². The fourth-order valence-corrected chi connectivity index (χ4v) is 3.99. The van der Waals surface area contributed by atoms with Crippen LogP contribution in [0.2, 0.25) is 0 Å². The molecule has 0 fully saturated rings. The number of fused-ring (bicyclic) bond motifs is 1. The van der Waals surface area contributed by atoms with Crippen molar-refractivity contribution in [2.24, 2.45) is 0 Å². The SMILES string of the molecule is COc1ccc([C@H]2[C@H](C(=O)O)c3ccccc3C(=O)N2Cc2ccccc2)cc1. The van der Waals surface area contributed by atoms with Crippen molar-refractivity contribution in [1.82, 2.24) is 4.90 Å². The number of carbonyl (C=O) groups is 2. The number of amides is 1. The first-order valence-corrected chi connectivity index (χ1v) is 9.40. The Hall–Kier alpha value is -3.60. The molecule has 0 radical (unpaired) electrons. The number of carbonyl (C=O) groups excluding carboxylic acids is 1. The minimum Gasteiger partial charge on any atom is -0.497 e.